The summed E-state index contributed by atoms with van der Waals surface area (Å²) in [5.74, 6) is -0.278. The van der Waals surface area contributed by atoms with Crippen LogP contribution in [0.3, 0.4) is 0 Å². The van der Waals surface area contributed by atoms with E-state index in [1.807, 2.05) is 0 Å². The Labute approximate surface area is 149 Å². The summed E-state index contributed by atoms with van der Waals surface area (Å²) in [6.07, 6.45) is 1.50. The molecule has 0 bridgehead atoms. The zero-order valence-electron chi connectivity index (χ0n) is 13.4. The molecule has 1 aromatic heterocycles. The first-order chi connectivity index (χ1) is 12.0. The van der Waals surface area contributed by atoms with E-state index in [0.717, 1.165) is 4.90 Å². The molecule has 1 atom stereocenters. The first-order valence-corrected chi connectivity index (χ1v) is 8.04. The molecule has 1 N–H and O–H groups in total. The van der Waals surface area contributed by atoms with Crippen LogP contribution in [-0.4, -0.2) is 35.3 Å². The minimum absolute atomic E-state index is 0.193. The Morgan fingerprint density at radius 3 is 2.60 bits per heavy atom. The van der Waals surface area contributed by atoms with Crippen molar-refractivity contribution in [3.05, 3.63) is 53.4 Å². The topological polar surface area (TPSA) is 82.9 Å². The predicted molar refractivity (Wildman–Crippen MR) is 91.1 cm³/mol. The lowest BCUT2D eigenvalue weighted by Crippen LogP contribution is -2.41. The van der Waals surface area contributed by atoms with Crippen LogP contribution in [0.25, 0.3) is 0 Å². The largest absolute Gasteiger partial charge is 0.467 e. The summed E-state index contributed by atoms with van der Waals surface area (Å²) in [5.41, 5.74) is 0.550. The third-order valence-corrected chi connectivity index (χ3v) is 4.15. The average Bonchev–Trinajstić information content (AvgIpc) is 3.18. The molecule has 0 saturated carbocycles. The van der Waals surface area contributed by atoms with E-state index in [0.29, 0.717) is 16.5 Å². The highest BCUT2D eigenvalue weighted by atomic mass is 35.5. The van der Waals surface area contributed by atoms with Gasteiger partial charge >= 0.3 is 6.03 Å². The molecule has 2 heterocycles. The molecule has 0 radical (unpaired) electrons. The molecule has 25 heavy (non-hydrogen) atoms. The number of hydrogen-bond acceptors (Lipinski definition) is 4. The quantitative estimate of drug-likeness (QED) is 0.829. The van der Waals surface area contributed by atoms with E-state index in [-0.39, 0.29) is 13.1 Å². The number of furan rings is 1. The molecule has 7 nitrogen and oxygen atoms in total. The second kappa shape index (κ2) is 6.98. The summed E-state index contributed by atoms with van der Waals surface area (Å²) < 4.78 is 5.12. The molecule has 0 spiro atoms. The van der Waals surface area contributed by atoms with Crippen LogP contribution in [-0.2, 0) is 16.1 Å². The number of rotatable bonds is 5. The van der Waals surface area contributed by atoms with Crippen LogP contribution >= 0.6 is 11.6 Å². The summed E-state index contributed by atoms with van der Waals surface area (Å²) in [5, 5.41) is 3.15. The average molecular weight is 362 g/mol. The fraction of sp³-hybridized carbons (Fsp3) is 0.235. The van der Waals surface area contributed by atoms with Crippen molar-refractivity contribution in [1.29, 1.82) is 0 Å². The molecule has 1 fully saturated rings. The van der Waals surface area contributed by atoms with E-state index in [1.54, 1.807) is 43.3 Å². The van der Waals surface area contributed by atoms with Gasteiger partial charge in [0.2, 0.25) is 5.91 Å². The van der Waals surface area contributed by atoms with Crippen molar-refractivity contribution < 1.29 is 18.8 Å². The van der Waals surface area contributed by atoms with Gasteiger partial charge in [-0.3, -0.25) is 19.4 Å². The van der Waals surface area contributed by atoms with Crippen molar-refractivity contribution in [3.63, 3.8) is 0 Å². The molecule has 0 unspecified atom stereocenters. The summed E-state index contributed by atoms with van der Waals surface area (Å²) >= 11 is 5.85. The van der Waals surface area contributed by atoms with Gasteiger partial charge in [-0.2, -0.15) is 0 Å². The molecule has 1 aliphatic heterocycles. The van der Waals surface area contributed by atoms with Crippen molar-refractivity contribution in [2.24, 2.45) is 0 Å². The number of carbonyl (C=O) groups excluding carboxylic acids is 3. The molecule has 8 heteroatoms. The fourth-order valence-electron chi connectivity index (χ4n) is 2.61. The number of hydrogen-bond donors (Lipinski definition) is 1. The molecule has 0 aliphatic carbocycles. The Bertz CT molecular complexity index is 789. The van der Waals surface area contributed by atoms with E-state index in [2.05, 4.69) is 5.32 Å². The number of imide groups is 1. The Hall–Kier alpha value is -2.80. The van der Waals surface area contributed by atoms with E-state index in [9.17, 15) is 14.4 Å². The SMILES string of the molecule is C[C@@H]1C(=O)N(CC(=O)NCc2ccco2)C(=O)N1c1ccc(Cl)cc1. The van der Waals surface area contributed by atoms with Gasteiger partial charge in [-0.05, 0) is 43.3 Å². The number of nitrogens with one attached hydrogen (secondary N) is 1. The highest BCUT2D eigenvalue weighted by molar-refractivity contribution is 6.30. The summed E-state index contributed by atoms with van der Waals surface area (Å²) in [6.45, 7) is 1.47. The Kier molecular flexibility index (Phi) is 4.76. The molecule has 1 aliphatic rings. The van der Waals surface area contributed by atoms with Gasteiger partial charge in [0, 0.05) is 10.7 Å². The Balaban J connectivity index is 1.67. The molecular weight excluding hydrogens is 346 g/mol. The van der Waals surface area contributed by atoms with Gasteiger partial charge in [-0.15, -0.1) is 0 Å². The zero-order chi connectivity index (χ0) is 18.0. The molecule has 130 valence electrons. The van der Waals surface area contributed by atoms with Gasteiger partial charge in [-0.1, -0.05) is 11.6 Å². The lowest BCUT2D eigenvalue weighted by atomic mass is 10.2. The van der Waals surface area contributed by atoms with Crippen LogP contribution in [0.15, 0.2) is 47.1 Å². The first-order valence-electron chi connectivity index (χ1n) is 7.66. The van der Waals surface area contributed by atoms with Gasteiger partial charge in [-0.25, -0.2) is 4.79 Å². The van der Waals surface area contributed by atoms with Crippen molar-refractivity contribution in [3.8, 4) is 0 Å². The molecule has 1 saturated heterocycles. The number of amides is 4. The Morgan fingerprint density at radius 2 is 1.96 bits per heavy atom. The van der Waals surface area contributed by atoms with Crippen LogP contribution in [0.1, 0.15) is 12.7 Å². The van der Waals surface area contributed by atoms with Gasteiger partial charge in [0.05, 0.1) is 12.8 Å². The van der Waals surface area contributed by atoms with Crippen LogP contribution < -0.4 is 10.2 Å². The molecule has 2 aromatic rings. The molecule has 3 rings (SSSR count). The van der Waals surface area contributed by atoms with Crippen LogP contribution in [0.4, 0.5) is 10.5 Å². The second-order valence-corrected chi connectivity index (χ2v) is 6.02. The normalized spacial score (nSPS) is 17.3. The maximum Gasteiger partial charge on any atom is 0.332 e. The number of carbonyl (C=O) groups is 3. The second-order valence-electron chi connectivity index (χ2n) is 5.59. The third-order valence-electron chi connectivity index (χ3n) is 3.89. The Morgan fingerprint density at radius 1 is 1.24 bits per heavy atom. The highest BCUT2D eigenvalue weighted by Crippen LogP contribution is 2.26. The smallest absolute Gasteiger partial charge is 0.332 e. The van der Waals surface area contributed by atoms with E-state index in [1.165, 1.54) is 11.2 Å². The monoisotopic (exact) mass is 361 g/mol. The molecular formula is C17H16ClN3O4. The minimum atomic E-state index is -0.688. The van der Waals surface area contributed by atoms with Gasteiger partial charge in [0.15, 0.2) is 0 Å². The number of urea groups is 1. The standard InChI is InChI=1S/C17H16ClN3O4/c1-11-16(23)20(10-15(22)19-9-14-3-2-8-25-14)17(24)21(11)13-6-4-12(18)5-7-13/h2-8,11H,9-10H2,1H3,(H,19,22)/t11-/m1/s1. The molecule has 4 amide bonds. The number of benzene rings is 1. The predicted octanol–water partition coefficient (Wildman–Crippen LogP) is 2.41. The van der Waals surface area contributed by atoms with Gasteiger partial charge in [0.25, 0.3) is 5.91 Å². The highest BCUT2D eigenvalue weighted by Gasteiger charge is 2.43. The lowest BCUT2D eigenvalue weighted by molar-refractivity contribution is -0.131. The van der Waals surface area contributed by atoms with Crippen molar-refractivity contribution in [2.75, 3.05) is 11.4 Å². The maximum absolute atomic E-state index is 12.6. The van der Waals surface area contributed by atoms with Gasteiger partial charge < -0.3 is 9.73 Å². The fourth-order valence-corrected chi connectivity index (χ4v) is 2.73. The van der Waals surface area contributed by atoms with E-state index < -0.39 is 23.9 Å². The van der Waals surface area contributed by atoms with Crippen LogP contribution in [0.5, 0.6) is 0 Å². The lowest BCUT2D eigenvalue weighted by Gasteiger charge is -2.19. The molecule has 1 aromatic carbocycles. The van der Waals surface area contributed by atoms with Crippen LogP contribution in [0.2, 0.25) is 5.02 Å². The summed E-state index contributed by atoms with van der Waals surface area (Å²) in [7, 11) is 0. The van der Waals surface area contributed by atoms with Crippen molar-refractivity contribution >= 4 is 35.1 Å². The third kappa shape index (κ3) is 3.51. The van der Waals surface area contributed by atoms with Crippen molar-refractivity contribution in [1.82, 2.24) is 10.2 Å². The van der Waals surface area contributed by atoms with E-state index in [4.69, 9.17) is 16.0 Å². The summed E-state index contributed by atoms with van der Waals surface area (Å²) in [6, 6.07) is 8.80. The van der Waals surface area contributed by atoms with Gasteiger partial charge in [0.1, 0.15) is 18.3 Å². The summed E-state index contributed by atoms with van der Waals surface area (Å²) in [4.78, 5) is 39.3. The number of anilines is 1. The first kappa shape index (κ1) is 17.0. The van der Waals surface area contributed by atoms with Crippen LogP contribution in [0, 0.1) is 0 Å². The number of nitrogens with zero attached hydrogens (tertiary/aromatic N) is 2. The minimum Gasteiger partial charge on any atom is -0.467 e. The zero-order valence-corrected chi connectivity index (χ0v) is 14.2. The van der Waals surface area contributed by atoms with Crippen molar-refractivity contribution in [2.45, 2.75) is 19.5 Å². The maximum atomic E-state index is 12.6. The number of halogens is 1. The van der Waals surface area contributed by atoms with E-state index >= 15 is 0 Å².